The van der Waals surface area contributed by atoms with Crippen LogP contribution >= 0.6 is 0 Å². The first-order valence-corrected chi connectivity index (χ1v) is 11.7. The third-order valence-electron chi connectivity index (χ3n) is 9.50. The van der Waals surface area contributed by atoms with Crippen molar-refractivity contribution in [3.05, 3.63) is 0 Å². The van der Waals surface area contributed by atoms with Gasteiger partial charge in [-0.25, -0.2) is 0 Å². The normalized spacial score (nSPS) is 52.7. The van der Waals surface area contributed by atoms with Crippen molar-refractivity contribution < 1.29 is 38.4 Å². The summed E-state index contributed by atoms with van der Waals surface area (Å²) in [7, 11) is 0. The van der Waals surface area contributed by atoms with Crippen LogP contribution in [0.5, 0.6) is 0 Å². The number of ketones is 1. The van der Waals surface area contributed by atoms with Gasteiger partial charge >= 0.3 is 11.9 Å². The number of carbonyl (C=O) groups is 3. The van der Waals surface area contributed by atoms with Crippen molar-refractivity contribution in [1.29, 1.82) is 0 Å². The SMILES string of the molecule is CC(=O)O[C@H]1CC(C)(C)[C@H]2[C@H](O)OC[C@@]34C[C@@H](C[C@H]5O[C@]53[C@]2(C)[C@H]1OC(C)=O)[C@@H](C)C4=O. The molecule has 32 heavy (non-hydrogen) atoms. The van der Waals surface area contributed by atoms with Crippen LogP contribution in [-0.2, 0) is 33.3 Å². The highest BCUT2D eigenvalue weighted by atomic mass is 16.6. The third kappa shape index (κ3) is 2.46. The molecule has 5 fully saturated rings. The van der Waals surface area contributed by atoms with Gasteiger partial charge < -0.3 is 24.1 Å². The molecular weight excluding hydrogens is 416 g/mol. The van der Waals surface area contributed by atoms with Crippen LogP contribution in [0.4, 0.5) is 0 Å². The minimum atomic E-state index is -1.17. The molecule has 0 aromatic rings. The molecule has 2 saturated heterocycles. The summed E-state index contributed by atoms with van der Waals surface area (Å²) >= 11 is 0. The number of Topliss-reactive ketones (excluding diaryl/α,β-unsaturated/α-hetero) is 1. The van der Waals surface area contributed by atoms with Gasteiger partial charge in [-0.15, -0.1) is 0 Å². The van der Waals surface area contributed by atoms with E-state index in [4.69, 9.17) is 18.9 Å². The highest BCUT2D eigenvalue weighted by Gasteiger charge is 2.88. The summed E-state index contributed by atoms with van der Waals surface area (Å²) in [5, 5.41) is 11.3. The fourth-order valence-electron chi connectivity index (χ4n) is 8.59. The predicted molar refractivity (Wildman–Crippen MR) is 110 cm³/mol. The van der Waals surface area contributed by atoms with Gasteiger partial charge in [-0.3, -0.25) is 14.4 Å². The first-order valence-electron chi connectivity index (χ1n) is 11.7. The zero-order valence-corrected chi connectivity index (χ0v) is 19.7. The minimum Gasteiger partial charge on any atom is -0.459 e. The van der Waals surface area contributed by atoms with E-state index < -0.39 is 58.2 Å². The third-order valence-corrected chi connectivity index (χ3v) is 9.50. The average molecular weight is 451 g/mol. The molecular formula is C24H34O8. The minimum absolute atomic E-state index is 0.0809. The number of esters is 2. The van der Waals surface area contributed by atoms with Crippen LogP contribution in [0.15, 0.2) is 0 Å². The first-order chi connectivity index (χ1) is 14.8. The average Bonchev–Trinajstić information content (AvgIpc) is 3.39. The molecule has 1 N–H and O–H groups in total. The van der Waals surface area contributed by atoms with Gasteiger partial charge in [0.15, 0.2) is 6.29 Å². The highest BCUT2D eigenvalue weighted by molar-refractivity contribution is 5.92. The second kappa shape index (κ2) is 6.54. The topological polar surface area (TPSA) is 112 Å². The van der Waals surface area contributed by atoms with Crippen LogP contribution in [0, 0.1) is 34.0 Å². The van der Waals surface area contributed by atoms with Crippen molar-refractivity contribution in [1.82, 2.24) is 0 Å². The monoisotopic (exact) mass is 450 g/mol. The van der Waals surface area contributed by atoms with E-state index in [0.29, 0.717) is 12.8 Å². The molecule has 2 spiro atoms. The van der Waals surface area contributed by atoms with Gasteiger partial charge in [-0.2, -0.15) is 0 Å². The molecule has 8 nitrogen and oxygen atoms in total. The van der Waals surface area contributed by atoms with Gasteiger partial charge in [0.25, 0.3) is 0 Å². The Morgan fingerprint density at radius 2 is 1.75 bits per heavy atom. The zero-order valence-electron chi connectivity index (χ0n) is 19.7. The molecule has 0 aromatic carbocycles. The Morgan fingerprint density at radius 3 is 2.38 bits per heavy atom. The highest BCUT2D eigenvalue weighted by Crippen LogP contribution is 2.77. The molecule has 0 amide bonds. The van der Waals surface area contributed by atoms with Crippen molar-refractivity contribution in [2.24, 2.45) is 34.0 Å². The maximum absolute atomic E-state index is 13.8. The van der Waals surface area contributed by atoms with Gasteiger partial charge in [0.2, 0.25) is 0 Å². The van der Waals surface area contributed by atoms with Gasteiger partial charge in [-0.1, -0.05) is 27.7 Å². The lowest BCUT2D eigenvalue weighted by Crippen LogP contribution is -2.70. The standard InChI is InChI=1S/C24H34O8/c1-11-14-7-16-24(32-16)22(6)17(20(28)29-10-23(24,8-14)18(11)27)21(4,5)9-15(30-12(2)25)19(22)31-13(3)26/h11,14-17,19-20,28H,7-10H2,1-6H3/t11-,14-,15+,16-,17-,19+,20-,22+,23-,24+/m1/s1. The number of fused-ring (bicyclic) bond motifs is 2. The summed E-state index contributed by atoms with van der Waals surface area (Å²) in [6.07, 6.45) is -1.20. The van der Waals surface area contributed by atoms with Gasteiger partial charge in [0.05, 0.1) is 18.1 Å². The molecule has 8 heteroatoms. The van der Waals surface area contributed by atoms with Crippen LogP contribution in [-0.4, -0.2) is 59.6 Å². The molecule has 3 aliphatic carbocycles. The maximum atomic E-state index is 13.8. The Bertz CT molecular complexity index is 883. The second-order valence-electron chi connectivity index (χ2n) is 11.6. The zero-order chi connectivity index (χ0) is 23.4. The summed E-state index contributed by atoms with van der Waals surface area (Å²) in [4.78, 5) is 38.1. The molecule has 10 atom stereocenters. The molecule has 5 aliphatic rings. The van der Waals surface area contributed by atoms with Crippen LogP contribution in [0.25, 0.3) is 0 Å². The van der Waals surface area contributed by atoms with Gasteiger partial charge in [0.1, 0.15) is 23.6 Å². The molecule has 3 saturated carbocycles. The van der Waals surface area contributed by atoms with Crippen LogP contribution < -0.4 is 0 Å². The van der Waals surface area contributed by atoms with Crippen LogP contribution in [0.3, 0.4) is 0 Å². The van der Waals surface area contributed by atoms with E-state index in [2.05, 4.69) is 0 Å². The van der Waals surface area contributed by atoms with E-state index in [1.54, 1.807) is 0 Å². The van der Waals surface area contributed by atoms with Crippen molar-refractivity contribution in [3.63, 3.8) is 0 Å². The number of carbonyl (C=O) groups excluding carboxylic acids is 3. The van der Waals surface area contributed by atoms with E-state index in [-0.39, 0.29) is 30.3 Å². The number of epoxide rings is 1. The predicted octanol–water partition coefficient (Wildman–Crippen LogP) is 2.00. The lowest BCUT2D eigenvalue weighted by Gasteiger charge is -2.60. The molecule has 0 aromatic heterocycles. The smallest absolute Gasteiger partial charge is 0.303 e. The fourth-order valence-corrected chi connectivity index (χ4v) is 8.59. The number of rotatable bonds is 2. The second-order valence-corrected chi connectivity index (χ2v) is 11.6. The largest absolute Gasteiger partial charge is 0.459 e. The molecule has 2 heterocycles. The lowest BCUT2D eigenvalue weighted by atomic mass is 9.44. The number of ether oxygens (including phenoxy) is 4. The Morgan fingerprint density at radius 1 is 1.09 bits per heavy atom. The van der Waals surface area contributed by atoms with Crippen molar-refractivity contribution in [3.8, 4) is 0 Å². The Hall–Kier alpha value is -1.51. The van der Waals surface area contributed by atoms with E-state index >= 15 is 0 Å². The fraction of sp³-hybridized carbons (Fsp3) is 0.875. The number of aliphatic hydroxyl groups is 1. The molecule has 2 bridgehead atoms. The summed E-state index contributed by atoms with van der Waals surface area (Å²) < 4.78 is 24.2. The summed E-state index contributed by atoms with van der Waals surface area (Å²) in [6.45, 7) is 10.7. The summed E-state index contributed by atoms with van der Waals surface area (Å²) in [5.41, 5.74) is -3.43. The van der Waals surface area contributed by atoms with Gasteiger partial charge in [0, 0.05) is 31.1 Å². The molecule has 0 unspecified atom stereocenters. The lowest BCUT2D eigenvalue weighted by molar-refractivity contribution is -0.259. The Labute approximate surface area is 188 Å². The van der Waals surface area contributed by atoms with E-state index in [0.717, 1.165) is 6.42 Å². The number of hydrogen-bond acceptors (Lipinski definition) is 8. The quantitative estimate of drug-likeness (QED) is 0.502. The van der Waals surface area contributed by atoms with E-state index in [9.17, 15) is 19.5 Å². The van der Waals surface area contributed by atoms with Gasteiger partial charge in [-0.05, 0) is 30.6 Å². The Balaban J connectivity index is 1.75. The van der Waals surface area contributed by atoms with Crippen molar-refractivity contribution >= 4 is 17.7 Å². The maximum Gasteiger partial charge on any atom is 0.303 e. The molecule has 0 radical (unpaired) electrons. The van der Waals surface area contributed by atoms with Crippen molar-refractivity contribution in [2.45, 2.75) is 91.0 Å². The van der Waals surface area contributed by atoms with Crippen LogP contribution in [0.2, 0.25) is 0 Å². The van der Waals surface area contributed by atoms with Crippen molar-refractivity contribution in [2.75, 3.05) is 6.61 Å². The van der Waals surface area contributed by atoms with Crippen LogP contribution in [0.1, 0.15) is 60.8 Å². The summed E-state index contributed by atoms with van der Waals surface area (Å²) in [5.74, 6) is -1.28. The van der Waals surface area contributed by atoms with E-state index in [1.807, 2.05) is 27.7 Å². The number of hydrogen-bond donors (Lipinski definition) is 1. The number of aliphatic hydroxyl groups excluding tert-OH is 1. The molecule has 178 valence electrons. The van der Waals surface area contributed by atoms with E-state index in [1.165, 1.54) is 13.8 Å². The molecule has 2 aliphatic heterocycles. The summed E-state index contributed by atoms with van der Waals surface area (Å²) in [6, 6.07) is 0. The molecule has 5 rings (SSSR count). The Kier molecular flexibility index (Phi) is 4.56. The first kappa shape index (κ1) is 22.3.